The molecule has 0 aromatic heterocycles. The Kier molecular flexibility index (Phi) is 5.28. The standard InChI is InChI=1S/C19H21FN2O3/c1-14-3-2-4-18(22(23)24)19(14)21-11-9-17(10-12-21)25-13-15-5-7-16(20)8-6-15/h2-8,17H,9-13H2,1H3. The van der Waals surface area contributed by atoms with Crippen molar-refractivity contribution >= 4 is 11.4 Å². The highest BCUT2D eigenvalue weighted by Crippen LogP contribution is 2.33. The van der Waals surface area contributed by atoms with Crippen LogP contribution < -0.4 is 4.90 Å². The fraction of sp³-hybridized carbons (Fsp3) is 0.368. The predicted octanol–water partition coefficient (Wildman–Crippen LogP) is 4.23. The number of anilines is 1. The maximum Gasteiger partial charge on any atom is 0.292 e. The summed E-state index contributed by atoms with van der Waals surface area (Å²) in [6.07, 6.45) is 1.74. The van der Waals surface area contributed by atoms with E-state index < -0.39 is 0 Å². The number of ether oxygens (including phenoxy) is 1. The highest BCUT2D eigenvalue weighted by atomic mass is 19.1. The Morgan fingerprint density at radius 2 is 1.88 bits per heavy atom. The largest absolute Gasteiger partial charge is 0.373 e. The van der Waals surface area contributed by atoms with Crippen LogP contribution in [0.2, 0.25) is 0 Å². The van der Waals surface area contributed by atoms with Gasteiger partial charge in [0.15, 0.2) is 0 Å². The van der Waals surface area contributed by atoms with Gasteiger partial charge in [-0.05, 0) is 43.0 Å². The third-order valence-corrected chi connectivity index (χ3v) is 4.57. The minimum absolute atomic E-state index is 0.115. The molecule has 1 aliphatic rings. The lowest BCUT2D eigenvalue weighted by atomic mass is 10.0. The van der Waals surface area contributed by atoms with Crippen LogP contribution in [0.4, 0.5) is 15.8 Å². The van der Waals surface area contributed by atoms with E-state index >= 15 is 0 Å². The van der Waals surface area contributed by atoms with Crippen molar-refractivity contribution in [1.82, 2.24) is 0 Å². The molecule has 0 saturated carbocycles. The molecule has 2 aromatic rings. The molecule has 25 heavy (non-hydrogen) atoms. The highest BCUT2D eigenvalue weighted by Gasteiger charge is 2.26. The average molecular weight is 344 g/mol. The first-order valence-electron chi connectivity index (χ1n) is 8.39. The number of nitro groups is 1. The fourth-order valence-corrected chi connectivity index (χ4v) is 3.24. The average Bonchev–Trinajstić information content (AvgIpc) is 2.61. The van der Waals surface area contributed by atoms with Gasteiger partial charge in [-0.25, -0.2) is 4.39 Å². The molecule has 0 atom stereocenters. The Balaban J connectivity index is 1.59. The first kappa shape index (κ1) is 17.4. The number of nitrogens with zero attached hydrogens (tertiary/aromatic N) is 2. The third-order valence-electron chi connectivity index (χ3n) is 4.57. The summed E-state index contributed by atoms with van der Waals surface area (Å²) >= 11 is 0. The molecule has 1 fully saturated rings. The fourth-order valence-electron chi connectivity index (χ4n) is 3.24. The molecule has 2 aromatic carbocycles. The number of halogens is 1. The van der Waals surface area contributed by atoms with E-state index in [1.807, 2.05) is 13.0 Å². The van der Waals surface area contributed by atoms with E-state index in [4.69, 9.17) is 4.74 Å². The van der Waals surface area contributed by atoms with Gasteiger partial charge in [0.1, 0.15) is 11.5 Å². The molecule has 3 rings (SSSR count). The summed E-state index contributed by atoms with van der Waals surface area (Å²) < 4.78 is 18.8. The van der Waals surface area contributed by atoms with Crippen LogP contribution in [0, 0.1) is 22.9 Å². The highest BCUT2D eigenvalue weighted by molar-refractivity contribution is 5.67. The predicted molar refractivity (Wildman–Crippen MR) is 94.3 cm³/mol. The van der Waals surface area contributed by atoms with Crippen LogP contribution in [0.5, 0.6) is 0 Å². The summed E-state index contributed by atoms with van der Waals surface area (Å²) in [6.45, 7) is 3.80. The van der Waals surface area contributed by atoms with Crippen molar-refractivity contribution in [2.24, 2.45) is 0 Å². The molecule has 0 bridgehead atoms. The Morgan fingerprint density at radius 1 is 1.20 bits per heavy atom. The number of hydrogen-bond donors (Lipinski definition) is 0. The van der Waals surface area contributed by atoms with Crippen LogP contribution in [0.25, 0.3) is 0 Å². The molecule has 1 heterocycles. The summed E-state index contributed by atoms with van der Waals surface area (Å²) in [4.78, 5) is 13.0. The first-order chi connectivity index (χ1) is 12.0. The Bertz CT molecular complexity index is 741. The van der Waals surface area contributed by atoms with Gasteiger partial charge >= 0.3 is 0 Å². The van der Waals surface area contributed by atoms with Crippen LogP contribution in [0.1, 0.15) is 24.0 Å². The zero-order chi connectivity index (χ0) is 17.8. The molecule has 0 amide bonds. The maximum atomic E-state index is 12.9. The molecule has 1 saturated heterocycles. The normalized spacial score (nSPS) is 15.4. The van der Waals surface area contributed by atoms with Gasteiger partial charge in [-0.1, -0.05) is 24.3 Å². The van der Waals surface area contributed by atoms with Gasteiger partial charge in [0, 0.05) is 19.2 Å². The third kappa shape index (κ3) is 4.14. The number of rotatable bonds is 5. The van der Waals surface area contributed by atoms with E-state index in [1.54, 1.807) is 24.3 Å². The van der Waals surface area contributed by atoms with Gasteiger partial charge < -0.3 is 9.64 Å². The van der Waals surface area contributed by atoms with Gasteiger partial charge in [-0.15, -0.1) is 0 Å². The van der Waals surface area contributed by atoms with E-state index in [1.165, 1.54) is 12.1 Å². The van der Waals surface area contributed by atoms with Gasteiger partial charge in [-0.2, -0.15) is 0 Å². The number of nitro benzene ring substituents is 1. The van der Waals surface area contributed by atoms with Crippen molar-refractivity contribution in [2.45, 2.75) is 32.5 Å². The summed E-state index contributed by atoms with van der Waals surface area (Å²) in [7, 11) is 0. The van der Waals surface area contributed by atoms with Crippen LogP contribution in [-0.2, 0) is 11.3 Å². The maximum absolute atomic E-state index is 12.9. The minimum Gasteiger partial charge on any atom is -0.373 e. The number of aryl methyl sites for hydroxylation is 1. The van der Waals surface area contributed by atoms with Gasteiger partial charge in [-0.3, -0.25) is 10.1 Å². The van der Waals surface area contributed by atoms with Crippen molar-refractivity contribution < 1.29 is 14.1 Å². The van der Waals surface area contributed by atoms with Crippen molar-refractivity contribution in [3.05, 3.63) is 69.5 Å². The second-order valence-corrected chi connectivity index (χ2v) is 6.32. The molecule has 132 valence electrons. The van der Waals surface area contributed by atoms with Crippen LogP contribution in [-0.4, -0.2) is 24.1 Å². The van der Waals surface area contributed by atoms with Crippen molar-refractivity contribution in [2.75, 3.05) is 18.0 Å². The van der Waals surface area contributed by atoms with E-state index in [0.29, 0.717) is 12.3 Å². The van der Waals surface area contributed by atoms with E-state index in [-0.39, 0.29) is 22.5 Å². The zero-order valence-corrected chi connectivity index (χ0v) is 14.2. The molecular weight excluding hydrogens is 323 g/mol. The number of hydrogen-bond acceptors (Lipinski definition) is 4. The van der Waals surface area contributed by atoms with Crippen LogP contribution in [0.3, 0.4) is 0 Å². The van der Waals surface area contributed by atoms with Gasteiger partial charge in [0.05, 0.1) is 17.6 Å². The second-order valence-electron chi connectivity index (χ2n) is 6.32. The lowest BCUT2D eigenvalue weighted by Gasteiger charge is -2.34. The summed E-state index contributed by atoms with van der Waals surface area (Å²) in [5.41, 5.74) is 2.73. The van der Waals surface area contributed by atoms with Gasteiger partial charge in [0.2, 0.25) is 0 Å². The zero-order valence-electron chi connectivity index (χ0n) is 14.2. The van der Waals surface area contributed by atoms with Gasteiger partial charge in [0.25, 0.3) is 5.69 Å². The SMILES string of the molecule is Cc1cccc([N+](=O)[O-])c1N1CCC(OCc2ccc(F)cc2)CC1. The topological polar surface area (TPSA) is 55.6 Å². The van der Waals surface area contributed by atoms with E-state index in [2.05, 4.69) is 4.90 Å². The molecular formula is C19H21FN2O3. The number of para-hydroxylation sites is 1. The molecule has 6 heteroatoms. The second kappa shape index (κ2) is 7.61. The molecule has 0 aliphatic carbocycles. The van der Waals surface area contributed by atoms with Crippen molar-refractivity contribution in [3.8, 4) is 0 Å². The molecule has 1 aliphatic heterocycles. The molecule has 5 nitrogen and oxygen atoms in total. The summed E-state index contributed by atoms with van der Waals surface area (Å²) in [5.74, 6) is -0.253. The Morgan fingerprint density at radius 3 is 2.52 bits per heavy atom. The van der Waals surface area contributed by atoms with Crippen LogP contribution in [0.15, 0.2) is 42.5 Å². The monoisotopic (exact) mass is 344 g/mol. The lowest BCUT2D eigenvalue weighted by molar-refractivity contribution is -0.384. The van der Waals surface area contributed by atoms with Crippen LogP contribution >= 0.6 is 0 Å². The van der Waals surface area contributed by atoms with Crippen molar-refractivity contribution in [3.63, 3.8) is 0 Å². The summed E-state index contributed by atoms with van der Waals surface area (Å²) in [6, 6.07) is 11.5. The van der Waals surface area contributed by atoms with E-state index in [0.717, 1.165) is 37.1 Å². The van der Waals surface area contributed by atoms with Crippen molar-refractivity contribution in [1.29, 1.82) is 0 Å². The minimum atomic E-state index is -0.320. The molecule has 0 spiro atoms. The number of piperidine rings is 1. The molecule has 0 N–H and O–H groups in total. The number of benzene rings is 2. The lowest BCUT2D eigenvalue weighted by Crippen LogP contribution is -2.37. The Labute approximate surface area is 146 Å². The van der Waals surface area contributed by atoms with E-state index in [9.17, 15) is 14.5 Å². The quantitative estimate of drug-likeness (QED) is 0.602. The molecule has 0 radical (unpaired) electrons. The summed E-state index contributed by atoms with van der Waals surface area (Å²) in [5, 5.41) is 11.3. The smallest absolute Gasteiger partial charge is 0.292 e. The first-order valence-corrected chi connectivity index (χ1v) is 8.39. The Hall–Kier alpha value is -2.47. The molecule has 0 unspecified atom stereocenters.